The molecule has 0 saturated carbocycles. The van der Waals surface area contributed by atoms with E-state index in [1.54, 1.807) is 48.3 Å². The molecule has 1 amide bonds. The van der Waals surface area contributed by atoms with Crippen LogP contribution in [0.3, 0.4) is 0 Å². The monoisotopic (exact) mass is 387 g/mol. The van der Waals surface area contributed by atoms with E-state index >= 15 is 0 Å². The number of carbonyl (C=O) groups excluding carboxylic acids is 2. The summed E-state index contributed by atoms with van der Waals surface area (Å²) in [6.45, 7) is 0. The summed E-state index contributed by atoms with van der Waals surface area (Å²) in [6, 6.07) is 9.93. The van der Waals surface area contributed by atoms with Crippen molar-refractivity contribution < 1.29 is 18.4 Å². The molecule has 0 radical (unpaired) electrons. The van der Waals surface area contributed by atoms with Gasteiger partial charge >= 0.3 is 0 Å². The molecule has 0 aliphatic rings. The molecule has 0 aliphatic heterocycles. The average molecular weight is 387 g/mol. The molecule has 3 rings (SSSR count). The first-order chi connectivity index (χ1) is 12.9. The number of rotatable bonds is 6. The van der Waals surface area contributed by atoms with Gasteiger partial charge in [-0.1, -0.05) is 0 Å². The molecule has 0 aliphatic carbocycles. The van der Waals surface area contributed by atoms with E-state index in [1.165, 1.54) is 6.07 Å². The fourth-order valence-electron chi connectivity index (χ4n) is 2.33. The molecule has 0 spiro atoms. The van der Waals surface area contributed by atoms with Crippen molar-refractivity contribution >= 4 is 29.1 Å². The molecule has 0 saturated heterocycles. The summed E-state index contributed by atoms with van der Waals surface area (Å²) in [5, 5.41) is 2.69. The predicted molar refractivity (Wildman–Crippen MR) is 98.8 cm³/mol. The van der Waals surface area contributed by atoms with Crippen LogP contribution in [0.5, 0.6) is 0 Å². The first-order valence-electron chi connectivity index (χ1n) is 7.94. The maximum absolute atomic E-state index is 13.2. The molecule has 1 N–H and O–H groups in total. The van der Waals surface area contributed by atoms with E-state index in [2.05, 4.69) is 10.3 Å². The summed E-state index contributed by atoms with van der Waals surface area (Å²) < 4.78 is 27.7. The molecule has 27 heavy (non-hydrogen) atoms. The molecule has 1 aromatic heterocycles. The third-order valence-electron chi connectivity index (χ3n) is 3.72. The van der Waals surface area contributed by atoms with Crippen LogP contribution < -0.4 is 5.32 Å². The summed E-state index contributed by atoms with van der Waals surface area (Å²) in [4.78, 5) is 28.8. The highest BCUT2D eigenvalue weighted by Crippen LogP contribution is 2.21. The molecule has 1 heterocycles. The van der Waals surface area contributed by atoms with Crippen molar-refractivity contribution in [3.05, 3.63) is 77.9 Å². The summed E-state index contributed by atoms with van der Waals surface area (Å²) in [5.41, 5.74) is 0.987. The number of halogens is 2. The van der Waals surface area contributed by atoms with Gasteiger partial charge in [-0.15, -0.1) is 11.8 Å². The zero-order valence-electron chi connectivity index (χ0n) is 14.3. The van der Waals surface area contributed by atoms with E-state index in [0.29, 0.717) is 22.0 Å². The summed E-state index contributed by atoms with van der Waals surface area (Å²) in [5.74, 6) is -2.02. The second kappa shape index (κ2) is 8.13. The SMILES string of the molecule is Cn1ccnc1C(=O)c1ccc(NC(=O)CSc2ccc(F)c(F)c2)cc1. The lowest BCUT2D eigenvalue weighted by Crippen LogP contribution is -2.14. The van der Waals surface area contributed by atoms with Crippen LogP contribution in [0.4, 0.5) is 14.5 Å². The number of carbonyl (C=O) groups is 2. The number of nitrogens with zero attached hydrogens (tertiary/aromatic N) is 2. The standard InChI is InChI=1S/C19H15F2N3O2S/c1-24-9-8-22-19(24)18(26)12-2-4-13(5-3-12)23-17(25)11-27-14-6-7-15(20)16(21)10-14/h2-10H,11H2,1H3,(H,23,25). The van der Waals surface area contributed by atoms with E-state index in [4.69, 9.17) is 0 Å². The lowest BCUT2D eigenvalue weighted by molar-refractivity contribution is -0.113. The van der Waals surface area contributed by atoms with Crippen molar-refractivity contribution in [1.82, 2.24) is 9.55 Å². The molecule has 2 aromatic carbocycles. The molecule has 0 unspecified atom stereocenters. The summed E-state index contributed by atoms with van der Waals surface area (Å²) in [6.07, 6.45) is 3.24. The van der Waals surface area contributed by atoms with Gasteiger partial charge < -0.3 is 9.88 Å². The van der Waals surface area contributed by atoms with Crippen molar-refractivity contribution in [2.24, 2.45) is 7.05 Å². The van der Waals surface area contributed by atoms with Gasteiger partial charge in [0.05, 0.1) is 5.75 Å². The summed E-state index contributed by atoms with van der Waals surface area (Å²) >= 11 is 1.09. The Balaban J connectivity index is 1.57. The Morgan fingerprint density at radius 1 is 1.11 bits per heavy atom. The number of nitrogens with one attached hydrogen (secondary N) is 1. The summed E-state index contributed by atoms with van der Waals surface area (Å²) in [7, 11) is 1.74. The van der Waals surface area contributed by atoms with Crippen molar-refractivity contribution in [2.45, 2.75) is 4.90 Å². The molecule has 0 bridgehead atoms. The lowest BCUT2D eigenvalue weighted by atomic mass is 10.1. The average Bonchev–Trinajstić information content (AvgIpc) is 3.09. The predicted octanol–water partition coefficient (Wildman–Crippen LogP) is 3.66. The number of amides is 1. The highest BCUT2D eigenvalue weighted by atomic mass is 32.2. The van der Waals surface area contributed by atoms with Crippen LogP contribution in [-0.4, -0.2) is 27.0 Å². The van der Waals surface area contributed by atoms with E-state index in [0.717, 1.165) is 23.9 Å². The van der Waals surface area contributed by atoms with Crippen LogP contribution in [0.15, 0.2) is 59.8 Å². The maximum Gasteiger partial charge on any atom is 0.234 e. The largest absolute Gasteiger partial charge is 0.331 e. The van der Waals surface area contributed by atoms with Gasteiger partial charge in [-0.25, -0.2) is 13.8 Å². The van der Waals surface area contributed by atoms with Gasteiger partial charge in [0.25, 0.3) is 0 Å². The quantitative estimate of drug-likeness (QED) is 0.518. The van der Waals surface area contributed by atoms with Crippen LogP contribution in [-0.2, 0) is 11.8 Å². The number of hydrogen-bond donors (Lipinski definition) is 1. The van der Waals surface area contributed by atoms with Gasteiger partial charge in [0.2, 0.25) is 11.7 Å². The Hall–Kier alpha value is -3.00. The van der Waals surface area contributed by atoms with Crippen LogP contribution in [0, 0.1) is 11.6 Å². The molecular weight excluding hydrogens is 372 g/mol. The Bertz CT molecular complexity index is 987. The molecule has 0 fully saturated rings. The number of aryl methyl sites for hydroxylation is 1. The van der Waals surface area contributed by atoms with Gasteiger partial charge in [-0.2, -0.15) is 0 Å². The maximum atomic E-state index is 13.2. The van der Waals surface area contributed by atoms with Gasteiger partial charge in [0.1, 0.15) is 0 Å². The normalized spacial score (nSPS) is 10.6. The van der Waals surface area contributed by atoms with Crippen molar-refractivity contribution in [2.75, 3.05) is 11.1 Å². The smallest absolute Gasteiger partial charge is 0.234 e. The first-order valence-corrected chi connectivity index (χ1v) is 8.92. The number of aromatic nitrogens is 2. The van der Waals surface area contributed by atoms with Gasteiger partial charge in [0, 0.05) is 35.6 Å². The number of ketones is 1. The topological polar surface area (TPSA) is 64.0 Å². The highest BCUT2D eigenvalue weighted by molar-refractivity contribution is 8.00. The van der Waals surface area contributed by atoms with Crippen LogP contribution in [0.2, 0.25) is 0 Å². The van der Waals surface area contributed by atoms with Crippen LogP contribution in [0.1, 0.15) is 16.2 Å². The molecule has 5 nitrogen and oxygen atoms in total. The van der Waals surface area contributed by atoms with E-state index in [9.17, 15) is 18.4 Å². The van der Waals surface area contributed by atoms with E-state index in [-0.39, 0.29) is 17.4 Å². The second-order valence-corrected chi connectivity index (χ2v) is 6.73. The Morgan fingerprint density at radius 2 is 1.85 bits per heavy atom. The minimum absolute atomic E-state index is 0.0407. The Kier molecular flexibility index (Phi) is 5.66. The van der Waals surface area contributed by atoms with Crippen molar-refractivity contribution in [3.8, 4) is 0 Å². The van der Waals surface area contributed by atoms with E-state index in [1.807, 2.05) is 0 Å². The minimum Gasteiger partial charge on any atom is -0.331 e. The number of anilines is 1. The van der Waals surface area contributed by atoms with E-state index < -0.39 is 11.6 Å². The third kappa shape index (κ3) is 4.59. The van der Waals surface area contributed by atoms with Crippen LogP contribution >= 0.6 is 11.8 Å². The minimum atomic E-state index is -0.951. The number of benzene rings is 2. The molecular formula is C19H15F2N3O2S. The fourth-order valence-corrected chi connectivity index (χ4v) is 3.05. The first kappa shape index (κ1) is 18.8. The molecule has 0 atom stereocenters. The molecule has 138 valence electrons. The highest BCUT2D eigenvalue weighted by Gasteiger charge is 2.14. The zero-order chi connectivity index (χ0) is 19.4. The van der Waals surface area contributed by atoms with Gasteiger partial charge in [-0.3, -0.25) is 9.59 Å². The number of imidazole rings is 1. The van der Waals surface area contributed by atoms with Gasteiger partial charge in [0.15, 0.2) is 17.5 Å². The fraction of sp³-hybridized carbons (Fsp3) is 0.105. The molecule has 8 heteroatoms. The Morgan fingerprint density at radius 3 is 2.48 bits per heavy atom. The van der Waals surface area contributed by atoms with Crippen molar-refractivity contribution in [3.63, 3.8) is 0 Å². The number of hydrogen-bond acceptors (Lipinski definition) is 4. The second-order valence-electron chi connectivity index (χ2n) is 5.68. The van der Waals surface area contributed by atoms with Gasteiger partial charge in [-0.05, 0) is 42.5 Å². The Labute approximate surface area is 158 Å². The lowest BCUT2D eigenvalue weighted by Gasteiger charge is -2.07. The van der Waals surface area contributed by atoms with Crippen molar-refractivity contribution in [1.29, 1.82) is 0 Å². The third-order valence-corrected chi connectivity index (χ3v) is 4.71. The molecule has 3 aromatic rings. The van der Waals surface area contributed by atoms with Crippen LogP contribution in [0.25, 0.3) is 0 Å². The number of thioether (sulfide) groups is 1. The zero-order valence-corrected chi connectivity index (χ0v) is 15.1.